The first kappa shape index (κ1) is 14.6. The molecule has 1 aromatic carbocycles. The lowest BCUT2D eigenvalue weighted by atomic mass is 10.1. The molecule has 1 aromatic rings. The molecular formula is C16H21NO3. The maximum absolute atomic E-state index is 12.2. The van der Waals surface area contributed by atoms with Crippen molar-refractivity contribution in [2.24, 2.45) is 0 Å². The van der Waals surface area contributed by atoms with Crippen LogP contribution in [0.25, 0.3) is 0 Å². The van der Waals surface area contributed by atoms with Crippen molar-refractivity contribution in [3.63, 3.8) is 0 Å². The van der Waals surface area contributed by atoms with Crippen molar-refractivity contribution >= 4 is 11.9 Å². The maximum Gasteiger partial charge on any atom is 0.305 e. The average Bonchev–Trinajstić information content (AvgIpc) is 3.21. The van der Waals surface area contributed by atoms with Crippen LogP contribution in [0.5, 0.6) is 0 Å². The lowest BCUT2D eigenvalue weighted by molar-refractivity contribution is -0.138. The van der Waals surface area contributed by atoms with Crippen LogP contribution >= 0.6 is 0 Å². The largest absolute Gasteiger partial charge is 0.481 e. The Labute approximate surface area is 119 Å². The second kappa shape index (κ2) is 6.55. The van der Waals surface area contributed by atoms with Crippen LogP contribution in [0.2, 0.25) is 0 Å². The number of hydrogen-bond donors (Lipinski definition) is 1. The summed E-state index contributed by atoms with van der Waals surface area (Å²) in [5.41, 5.74) is 2.35. The SMILES string of the molecule is Cc1cccc(CCC(=O)N(CCC(=O)O)C2CC2)c1. The Balaban J connectivity index is 1.86. The maximum atomic E-state index is 12.2. The van der Waals surface area contributed by atoms with Gasteiger partial charge in [-0.3, -0.25) is 9.59 Å². The number of amides is 1. The molecule has 0 atom stereocenters. The van der Waals surface area contributed by atoms with E-state index in [1.54, 1.807) is 4.90 Å². The summed E-state index contributed by atoms with van der Waals surface area (Å²) < 4.78 is 0. The summed E-state index contributed by atoms with van der Waals surface area (Å²) in [5.74, 6) is -0.766. The highest BCUT2D eigenvalue weighted by Gasteiger charge is 2.32. The van der Waals surface area contributed by atoms with E-state index in [1.165, 1.54) is 5.56 Å². The molecule has 0 heterocycles. The monoisotopic (exact) mass is 275 g/mol. The van der Waals surface area contributed by atoms with E-state index in [9.17, 15) is 9.59 Å². The molecule has 20 heavy (non-hydrogen) atoms. The number of carboxylic acids is 1. The van der Waals surface area contributed by atoms with E-state index in [4.69, 9.17) is 5.11 Å². The van der Waals surface area contributed by atoms with Crippen LogP contribution in [0.1, 0.15) is 36.8 Å². The summed E-state index contributed by atoms with van der Waals surface area (Å²) in [4.78, 5) is 24.6. The zero-order valence-electron chi connectivity index (χ0n) is 11.8. The van der Waals surface area contributed by atoms with Crippen molar-refractivity contribution in [3.8, 4) is 0 Å². The number of carboxylic acid groups (broad SMARTS) is 1. The third-order valence-electron chi connectivity index (χ3n) is 3.58. The van der Waals surface area contributed by atoms with Gasteiger partial charge >= 0.3 is 5.97 Å². The molecule has 1 saturated carbocycles. The summed E-state index contributed by atoms with van der Waals surface area (Å²) in [6, 6.07) is 8.43. The van der Waals surface area contributed by atoms with Crippen LogP contribution in [0.15, 0.2) is 24.3 Å². The number of rotatable bonds is 7. The zero-order valence-corrected chi connectivity index (χ0v) is 11.8. The van der Waals surface area contributed by atoms with Gasteiger partial charge in [0.15, 0.2) is 0 Å². The average molecular weight is 275 g/mol. The number of aliphatic carboxylic acids is 1. The molecule has 0 saturated heterocycles. The van der Waals surface area contributed by atoms with E-state index in [1.807, 2.05) is 25.1 Å². The Bertz CT molecular complexity index is 494. The molecule has 1 N–H and O–H groups in total. The number of benzene rings is 1. The summed E-state index contributed by atoms with van der Waals surface area (Å²) in [6.07, 6.45) is 3.23. The van der Waals surface area contributed by atoms with Crippen molar-refractivity contribution < 1.29 is 14.7 Å². The van der Waals surface area contributed by atoms with Gasteiger partial charge in [0, 0.05) is 19.0 Å². The highest BCUT2D eigenvalue weighted by atomic mass is 16.4. The van der Waals surface area contributed by atoms with Crippen molar-refractivity contribution in [1.29, 1.82) is 0 Å². The number of nitrogens with zero attached hydrogens (tertiary/aromatic N) is 1. The fraction of sp³-hybridized carbons (Fsp3) is 0.500. The van der Waals surface area contributed by atoms with E-state index in [0.717, 1.165) is 24.8 Å². The second-order valence-electron chi connectivity index (χ2n) is 5.45. The van der Waals surface area contributed by atoms with Gasteiger partial charge in [0.1, 0.15) is 0 Å². The third-order valence-corrected chi connectivity index (χ3v) is 3.58. The Morgan fingerprint density at radius 1 is 1.30 bits per heavy atom. The summed E-state index contributed by atoms with van der Waals surface area (Å²) in [7, 11) is 0. The first-order valence-electron chi connectivity index (χ1n) is 7.13. The van der Waals surface area contributed by atoms with Gasteiger partial charge in [0.2, 0.25) is 5.91 Å². The molecule has 1 aliphatic rings. The molecule has 2 rings (SSSR count). The lowest BCUT2D eigenvalue weighted by Gasteiger charge is -2.21. The molecular weight excluding hydrogens is 254 g/mol. The molecule has 0 unspecified atom stereocenters. The molecule has 0 radical (unpaired) electrons. The van der Waals surface area contributed by atoms with Gasteiger partial charge in [0.25, 0.3) is 0 Å². The minimum absolute atomic E-state index is 0.0344. The van der Waals surface area contributed by atoms with Gasteiger partial charge in [-0.1, -0.05) is 29.8 Å². The number of carbonyl (C=O) groups is 2. The first-order valence-corrected chi connectivity index (χ1v) is 7.13. The fourth-order valence-corrected chi connectivity index (χ4v) is 2.38. The highest BCUT2D eigenvalue weighted by molar-refractivity contribution is 5.78. The molecule has 108 valence electrons. The predicted octanol–water partition coefficient (Wildman–Crippen LogP) is 2.39. The van der Waals surface area contributed by atoms with E-state index in [2.05, 4.69) is 6.07 Å². The van der Waals surface area contributed by atoms with Crippen molar-refractivity contribution in [3.05, 3.63) is 35.4 Å². The summed E-state index contributed by atoms with van der Waals surface area (Å²) in [5, 5.41) is 8.75. The number of aryl methyl sites for hydroxylation is 2. The molecule has 0 aliphatic heterocycles. The topological polar surface area (TPSA) is 57.6 Å². The van der Waals surface area contributed by atoms with Crippen LogP contribution in [0.3, 0.4) is 0 Å². The summed E-state index contributed by atoms with van der Waals surface area (Å²) in [6.45, 7) is 2.38. The van der Waals surface area contributed by atoms with Crippen LogP contribution in [-0.4, -0.2) is 34.5 Å². The molecule has 4 heteroatoms. The predicted molar refractivity (Wildman–Crippen MR) is 76.5 cm³/mol. The molecule has 4 nitrogen and oxygen atoms in total. The van der Waals surface area contributed by atoms with Gasteiger partial charge in [-0.25, -0.2) is 0 Å². The molecule has 0 aromatic heterocycles. The Morgan fingerprint density at radius 2 is 2.05 bits per heavy atom. The van der Waals surface area contributed by atoms with Gasteiger partial charge in [0.05, 0.1) is 6.42 Å². The van der Waals surface area contributed by atoms with Crippen LogP contribution in [0, 0.1) is 6.92 Å². The van der Waals surface area contributed by atoms with E-state index in [-0.39, 0.29) is 18.4 Å². The van der Waals surface area contributed by atoms with Crippen LogP contribution in [0.4, 0.5) is 0 Å². The quantitative estimate of drug-likeness (QED) is 0.831. The molecule has 0 bridgehead atoms. The Kier molecular flexibility index (Phi) is 4.77. The zero-order chi connectivity index (χ0) is 14.5. The minimum atomic E-state index is -0.845. The van der Waals surface area contributed by atoms with Gasteiger partial charge in [-0.05, 0) is 31.7 Å². The normalized spacial score (nSPS) is 14.1. The van der Waals surface area contributed by atoms with E-state index < -0.39 is 5.97 Å². The van der Waals surface area contributed by atoms with E-state index in [0.29, 0.717) is 13.0 Å². The molecule has 1 fully saturated rings. The van der Waals surface area contributed by atoms with Crippen molar-refractivity contribution in [2.45, 2.75) is 45.1 Å². The van der Waals surface area contributed by atoms with Crippen LogP contribution in [-0.2, 0) is 16.0 Å². The van der Waals surface area contributed by atoms with Crippen molar-refractivity contribution in [1.82, 2.24) is 4.90 Å². The van der Waals surface area contributed by atoms with Gasteiger partial charge in [-0.15, -0.1) is 0 Å². The standard InChI is InChI=1S/C16H21NO3/c1-12-3-2-4-13(11-12)5-8-15(18)17(14-6-7-14)10-9-16(19)20/h2-4,11,14H,5-10H2,1H3,(H,19,20). The molecule has 1 amide bonds. The van der Waals surface area contributed by atoms with Gasteiger partial charge < -0.3 is 10.0 Å². The van der Waals surface area contributed by atoms with E-state index >= 15 is 0 Å². The number of carbonyl (C=O) groups excluding carboxylic acids is 1. The Morgan fingerprint density at radius 3 is 2.65 bits per heavy atom. The Hall–Kier alpha value is -1.84. The third kappa shape index (κ3) is 4.37. The van der Waals surface area contributed by atoms with Gasteiger partial charge in [-0.2, -0.15) is 0 Å². The number of hydrogen-bond acceptors (Lipinski definition) is 2. The lowest BCUT2D eigenvalue weighted by Crippen LogP contribution is -2.35. The molecule has 1 aliphatic carbocycles. The molecule has 0 spiro atoms. The second-order valence-corrected chi connectivity index (χ2v) is 5.45. The first-order chi connectivity index (χ1) is 9.56. The minimum Gasteiger partial charge on any atom is -0.481 e. The highest BCUT2D eigenvalue weighted by Crippen LogP contribution is 2.27. The summed E-state index contributed by atoms with van der Waals surface area (Å²) >= 11 is 0. The van der Waals surface area contributed by atoms with Crippen molar-refractivity contribution in [2.75, 3.05) is 6.54 Å². The smallest absolute Gasteiger partial charge is 0.305 e. The fourth-order valence-electron chi connectivity index (χ4n) is 2.38. The van der Waals surface area contributed by atoms with Crippen LogP contribution < -0.4 is 0 Å².